The van der Waals surface area contributed by atoms with Gasteiger partial charge in [0.1, 0.15) is 11.5 Å². The van der Waals surface area contributed by atoms with Crippen LogP contribution in [0.3, 0.4) is 0 Å². The molecule has 0 N–H and O–H groups in total. The molecule has 1 aliphatic heterocycles. The predicted molar refractivity (Wildman–Crippen MR) is 98.3 cm³/mol. The van der Waals surface area contributed by atoms with Crippen LogP contribution in [0.4, 0.5) is 10.5 Å². The molecule has 2 amide bonds. The van der Waals surface area contributed by atoms with Crippen LogP contribution in [0.1, 0.15) is 5.56 Å². The highest BCUT2D eigenvalue weighted by Gasteiger charge is 2.37. The highest BCUT2D eigenvalue weighted by Crippen LogP contribution is 2.36. The Morgan fingerprint density at radius 1 is 1.16 bits per heavy atom. The van der Waals surface area contributed by atoms with Crippen molar-refractivity contribution < 1.29 is 14.3 Å². The number of rotatable bonds is 6. The van der Waals surface area contributed by atoms with Gasteiger partial charge in [-0.2, -0.15) is 0 Å². The van der Waals surface area contributed by atoms with Gasteiger partial charge in [-0.15, -0.1) is 6.58 Å². The van der Waals surface area contributed by atoms with Gasteiger partial charge in [-0.25, -0.2) is 4.79 Å². The SMILES string of the molecule is C=C[C@H]1CN(Cc2ccccc2)C(=O)N1c1ccc(OC)cc1OC. The molecule has 1 saturated heterocycles. The van der Waals surface area contributed by atoms with Crippen LogP contribution >= 0.6 is 0 Å². The van der Waals surface area contributed by atoms with Gasteiger partial charge in [0.25, 0.3) is 0 Å². The Balaban J connectivity index is 1.90. The van der Waals surface area contributed by atoms with Crippen LogP contribution in [-0.2, 0) is 6.54 Å². The van der Waals surface area contributed by atoms with E-state index >= 15 is 0 Å². The summed E-state index contributed by atoms with van der Waals surface area (Å²) in [5.74, 6) is 1.28. The maximum atomic E-state index is 13.0. The lowest BCUT2D eigenvalue weighted by molar-refractivity contribution is 0.218. The summed E-state index contributed by atoms with van der Waals surface area (Å²) >= 11 is 0. The third kappa shape index (κ3) is 3.31. The predicted octanol–water partition coefficient (Wildman–Crippen LogP) is 3.70. The summed E-state index contributed by atoms with van der Waals surface area (Å²) in [6, 6.07) is 15.2. The maximum absolute atomic E-state index is 13.0. The summed E-state index contributed by atoms with van der Waals surface area (Å²) in [6.45, 7) is 5.06. The standard InChI is InChI=1S/C20H22N2O3/c1-4-16-14-21(13-15-8-6-5-7-9-15)20(23)22(16)18-11-10-17(24-2)12-19(18)25-3/h4-12,16H,1,13-14H2,2-3H3/t16-/m0/s1. The Kier molecular flexibility index (Phi) is 4.93. The number of urea groups is 1. The topological polar surface area (TPSA) is 42.0 Å². The van der Waals surface area contributed by atoms with Crippen molar-refractivity contribution in [1.82, 2.24) is 4.90 Å². The van der Waals surface area contributed by atoms with Crippen molar-refractivity contribution >= 4 is 11.7 Å². The molecule has 0 aliphatic carbocycles. The Morgan fingerprint density at radius 2 is 1.92 bits per heavy atom. The second-order valence-electron chi connectivity index (χ2n) is 5.86. The zero-order chi connectivity index (χ0) is 17.8. The van der Waals surface area contributed by atoms with Crippen LogP contribution in [0.15, 0.2) is 61.2 Å². The van der Waals surface area contributed by atoms with Crippen LogP contribution in [0.2, 0.25) is 0 Å². The lowest BCUT2D eigenvalue weighted by atomic mass is 10.2. The van der Waals surface area contributed by atoms with Crippen molar-refractivity contribution in [1.29, 1.82) is 0 Å². The number of carbonyl (C=O) groups excluding carboxylic acids is 1. The van der Waals surface area contributed by atoms with Gasteiger partial charge in [-0.3, -0.25) is 4.90 Å². The number of benzene rings is 2. The van der Waals surface area contributed by atoms with E-state index in [0.717, 1.165) is 5.56 Å². The summed E-state index contributed by atoms with van der Waals surface area (Å²) in [7, 11) is 3.19. The molecule has 0 unspecified atom stereocenters. The summed E-state index contributed by atoms with van der Waals surface area (Å²) in [5, 5.41) is 0. The third-order valence-electron chi connectivity index (χ3n) is 4.35. The number of hydrogen-bond acceptors (Lipinski definition) is 3. The Morgan fingerprint density at radius 3 is 2.56 bits per heavy atom. The number of anilines is 1. The fourth-order valence-corrected chi connectivity index (χ4v) is 3.06. The monoisotopic (exact) mass is 338 g/mol. The Hall–Kier alpha value is -2.95. The summed E-state index contributed by atoms with van der Waals surface area (Å²) in [4.78, 5) is 16.6. The number of carbonyl (C=O) groups is 1. The molecule has 3 rings (SSSR count). The second kappa shape index (κ2) is 7.30. The fourth-order valence-electron chi connectivity index (χ4n) is 3.06. The van der Waals surface area contributed by atoms with E-state index in [1.54, 1.807) is 31.3 Å². The van der Waals surface area contributed by atoms with Crippen LogP contribution in [0.25, 0.3) is 0 Å². The molecule has 25 heavy (non-hydrogen) atoms. The van der Waals surface area contributed by atoms with Gasteiger partial charge >= 0.3 is 6.03 Å². The van der Waals surface area contributed by atoms with E-state index in [1.165, 1.54) is 0 Å². The Labute approximate surface area is 148 Å². The molecule has 5 heteroatoms. The van der Waals surface area contributed by atoms with Gasteiger partial charge in [0.15, 0.2) is 0 Å². The van der Waals surface area contributed by atoms with Crippen LogP contribution in [0, 0.1) is 0 Å². The summed E-state index contributed by atoms with van der Waals surface area (Å²) in [5.41, 5.74) is 1.82. The molecule has 2 aromatic carbocycles. The molecule has 1 aliphatic rings. The molecular weight excluding hydrogens is 316 g/mol. The quantitative estimate of drug-likeness (QED) is 0.754. The molecule has 0 saturated carbocycles. The number of ether oxygens (including phenoxy) is 2. The molecule has 0 spiro atoms. The number of nitrogens with zero attached hydrogens (tertiary/aromatic N) is 2. The minimum atomic E-state index is -0.112. The first kappa shape index (κ1) is 16.9. The first-order valence-corrected chi connectivity index (χ1v) is 8.14. The minimum absolute atomic E-state index is 0.0581. The molecule has 130 valence electrons. The lowest BCUT2D eigenvalue weighted by Crippen LogP contribution is -2.34. The molecular formula is C20H22N2O3. The molecule has 1 fully saturated rings. The summed E-state index contributed by atoms with van der Waals surface area (Å²) < 4.78 is 10.7. The number of hydrogen-bond donors (Lipinski definition) is 0. The first-order valence-electron chi connectivity index (χ1n) is 8.14. The maximum Gasteiger partial charge on any atom is 0.325 e. The van der Waals surface area contributed by atoms with Gasteiger partial charge < -0.3 is 14.4 Å². The molecule has 1 heterocycles. The highest BCUT2D eigenvalue weighted by molar-refractivity contribution is 5.97. The normalized spacial score (nSPS) is 16.9. The fraction of sp³-hybridized carbons (Fsp3) is 0.250. The van der Waals surface area contributed by atoms with E-state index in [9.17, 15) is 4.79 Å². The van der Waals surface area contributed by atoms with E-state index in [2.05, 4.69) is 6.58 Å². The van der Waals surface area contributed by atoms with Crippen LogP contribution < -0.4 is 14.4 Å². The van der Waals surface area contributed by atoms with Gasteiger partial charge in [-0.1, -0.05) is 36.4 Å². The molecule has 1 atom stereocenters. The highest BCUT2D eigenvalue weighted by atomic mass is 16.5. The molecule has 0 bridgehead atoms. The van der Waals surface area contributed by atoms with Crippen molar-refractivity contribution in [2.24, 2.45) is 0 Å². The largest absolute Gasteiger partial charge is 0.497 e. The summed E-state index contributed by atoms with van der Waals surface area (Å²) in [6.07, 6.45) is 1.80. The molecule has 0 aromatic heterocycles. The molecule has 0 radical (unpaired) electrons. The van der Waals surface area contributed by atoms with Crippen molar-refractivity contribution in [3.8, 4) is 11.5 Å². The Bertz CT molecular complexity index is 761. The smallest absolute Gasteiger partial charge is 0.325 e. The lowest BCUT2D eigenvalue weighted by Gasteiger charge is -2.23. The van der Waals surface area contributed by atoms with Crippen LogP contribution in [-0.4, -0.2) is 37.7 Å². The zero-order valence-electron chi connectivity index (χ0n) is 14.5. The van der Waals surface area contributed by atoms with E-state index in [-0.39, 0.29) is 12.1 Å². The van der Waals surface area contributed by atoms with Gasteiger partial charge in [-0.05, 0) is 17.7 Å². The van der Waals surface area contributed by atoms with E-state index in [0.29, 0.717) is 30.3 Å². The number of methoxy groups -OCH3 is 2. The number of amides is 2. The molecule has 5 nitrogen and oxygen atoms in total. The molecule has 2 aromatic rings. The average molecular weight is 338 g/mol. The van der Waals surface area contributed by atoms with Crippen molar-refractivity contribution in [2.45, 2.75) is 12.6 Å². The van der Waals surface area contributed by atoms with Gasteiger partial charge in [0.2, 0.25) is 0 Å². The van der Waals surface area contributed by atoms with Gasteiger partial charge in [0, 0.05) is 19.2 Å². The van der Waals surface area contributed by atoms with E-state index < -0.39 is 0 Å². The van der Waals surface area contributed by atoms with Gasteiger partial charge in [0.05, 0.1) is 25.9 Å². The van der Waals surface area contributed by atoms with E-state index in [4.69, 9.17) is 9.47 Å². The zero-order valence-corrected chi connectivity index (χ0v) is 14.5. The minimum Gasteiger partial charge on any atom is -0.497 e. The third-order valence-corrected chi connectivity index (χ3v) is 4.35. The van der Waals surface area contributed by atoms with Crippen molar-refractivity contribution in [2.75, 3.05) is 25.7 Å². The second-order valence-corrected chi connectivity index (χ2v) is 5.86. The van der Waals surface area contributed by atoms with Crippen molar-refractivity contribution in [3.05, 3.63) is 66.7 Å². The average Bonchev–Trinajstić information content (AvgIpc) is 2.97. The van der Waals surface area contributed by atoms with Crippen LogP contribution in [0.5, 0.6) is 11.5 Å². The van der Waals surface area contributed by atoms with E-state index in [1.807, 2.05) is 47.4 Å². The first-order chi connectivity index (χ1) is 12.2. The van der Waals surface area contributed by atoms with Crippen molar-refractivity contribution in [3.63, 3.8) is 0 Å².